The third-order valence-electron chi connectivity index (χ3n) is 3.46. The Kier molecular flexibility index (Phi) is 4.27. The Labute approximate surface area is 112 Å². The van der Waals surface area contributed by atoms with Gasteiger partial charge in [-0.2, -0.15) is 0 Å². The summed E-state index contributed by atoms with van der Waals surface area (Å²) in [6.07, 6.45) is 0.842. The summed E-state index contributed by atoms with van der Waals surface area (Å²) in [5.74, 6) is 1.11. The SMILES string of the molecule is COc1cccc(C(=O)N2CCC(CO)C2)c1OC. The summed E-state index contributed by atoms with van der Waals surface area (Å²) in [7, 11) is 3.07. The lowest BCUT2D eigenvalue weighted by molar-refractivity contribution is 0.0778. The van der Waals surface area contributed by atoms with Crippen molar-refractivity contribution >= 4 is 5.91 Å². The Morgan fingerprint density at radius 3 is 2.79 bits per heavy atom. The van der Waals surface area contributed by atoms with Crippen LogP contribution in [0.3, 0.4) is 0 Å². The minimum absolute atomic E-state index is 0.0771. The molecule has 5 nitrogen and oxygen atoms in total. The predicted octanol–water partition coefficient (Wildman–Crippen LogP) is 1.16. The molecule has 0 aromatic heterocycles. The highest BCUT2D eigenvalue weighted by Crippen LogP contribution is 2.32. The molecule has 1 aromatic rings. The van der Waals surface area contributed by atoms with E-state index in [1.807, 2.05) is 0 Å². The lowest BCUT2D eigenvalue weighted by Crippen LogP contribution is -2.29. The van der Waals surface area contributed by atoms with Crippen LogP contribution in [0, 0.1) is 5.92 Å². The number of hydrogen-bond donors (Lipinski definition) is 1. The van der Waals surface area contributed by atoms with Crippen LogP contribution in [0.25, 0.3) is 0 Å². The summed E-state index contributed by atoms with van der Waals surface area (Å²) in [4.78, 5) is 14.2. The minimum atomic E-state index is -0.0771. The summed E-state index contributed by atoms with van der Waals surface area (Å²) in [5, 5.41) is 9.14. The molecule has 1 saturated heterocycles. The lowest BCUT2D eigenvalue weighted by Gasteiger charge is -2.19. The highest BCUT2D eigenvalue weighted by Gasteiger charge is 2.28. The number of ether oxygens (including phenoxy) is 2. The highest BCUT2D eigenvalue weighted by molar-refractivity contribution is 5.98. The summed E-state index contributed by atoms with van der Waals surface area (Å²) in [6.45, 7) is 1.39. The van der Waals surface area contributed by atoms with Gasteiger partial charge >= 0.3 is 0 Å². The molecule has 0 radical (unpaired) electrons. The van der Waals surface area contributed by atoms with Crippen LogP contribution in [0.5, 0.6) is 11.5 Å². The minimum Gasteiger partial charge on any atom is -0.493 e. The van der Waals surface area contributed by atoms with Crippen LogP contribution >= 0.6 is 0 Å². The number of aliphatic hydroxyl groups is 1. The van der Waals surface area contributed by atoms with Crippen molar-refractivity contribution in [3.05, 3.63) is 23.8 Å². The van der Waals surface area contributed by atoms with Crippen molar-refractivity contribution in [2.45, 2.75) is 6.42 Å². The average Bonchev–Trinajstić information content (AvgIpc) is 2.94. The molecule has 0 bridgehead atoms. The number of likely N-dealkylation sites (tertiary alicyclic amines) is 1. The number of carbonyl (C=O) groups excluding carboxylic acids is 1. The van der Waals surface area contributed by atoms with Crippen LogP contribution < -0.4 is 9.47 Å². The summed E-state index contributed by atoms with van der Waals surface area (Å²) in [5.41, 5.74) is 0.500. The zero-order valence-electron chi connectivity index (χ0n) is 11.3. The van der Waals surface area contributed by atoms with Crippen LogP contribution in [-0.2, 0) is 0 Å². The topological polar surface area (TPSA) is 59.0 Å². The van der Waals surface area contributed by atoms with Crippen molar-refractivity contribution in [2.75, 3.05) is 33.9 Å². The van der Waals surface area contributed by atoms with E-state index < -0.39 is 0 Å². The van der Waals surface area contributed by atoms with Gasteiger partial charge in [0.1, 0.15) is 0 Å². The van der Waals surface area contributed by atoms with Gasteiger partial charge in [-0.25, -0.2) is 0 Å². The Balaban J connectivity index is 2.24. The molecule has 1 aliphatic heterocycles. The Hall–Kier alpha value is -1.75. The highest BCUT2D eigenvalue weighted by atomic mass is 16.5. The smallest absolute Gasteiger partial charge is 0.257 e. The second-order valence-electron chi connectivity index (χ2n) is 4.63. The first-order chi connectivity index (χ1) is 9.21. The maximum Gasteiger partial charge on any atom is 0.257 e. The molecule has 1 heterocycles. The van der Waals surface area contributed by atoms with Crippen molar-refractivity contribution in [1.29, 1.82) is 0 Å². The van der Waals surface area contributed by atoms with E-state index in [0.717, 1.165) is 6.42 Å². The zero-order valence-corrected chi connectivity index (χ0v) is 11.3. The number of methoxy groups -OCH3 is 2. The number of carbonyl (C=O) groups is 1. The van der Waals surface area contributed by atoms with E-state index in [1.54, 1.807) is 30.2 Å². The van der Waals surface area contributed by atoms with Gasteiger partial charge in [0.2, 0.25) is 0 Å². The van der Waals surface area contributed by atoms with Gasteiger partial charge in [0.05, 0.1) is 19.8 Å². The molecule has 0 saturated carbocycles. The summed E-state index contributed by atoms with van der Waals surface area (Å²) < 4.78 is 10.5. The van der Waals surface area contributed by atoms with Gasteiger partial charge in [0.15, 0.2) is 11.5 Å². The molecule has 1 amide bonds. The average molecular weight is 265 g/mol. The van der Waals surface area contributed by atoms with Crippen LogP contribution in [0.2, 0.25) is 0 Å². The molecule has 1 atom stereocenters. The molecule has 1 fully saturated rings. The van der Waals surface area contributed by atoms with E-state index in [0.29, 0.717) is 30.2 Å². The number of rotatable bonds is 4. The first-order valence-corrected chi connectivity index (χ1v) is 6.32. The standard InChI is InChI=1S/C14H19NO4/c1-18-12-5-3-4-11(13(12)19-2)14(17)15-7-6-10(8-15)9-16/h3-5,10,16H,6-9H2,1-2H3. The monoisotopic (exact) mass is 265 g/mol. The van der Waals surface area contributed by atoms with Crippen LogP contribution in [-0.4, -0.2) is 49.8 Å². The second kappa shape index (κ2) is 5.93. The largest absolute Gasteiger partial charge is 0.493 e. The third-order valence-corrected chi connectivity index (χ3v) is 3.46. The van der Waals surface area contributed by atoms with Crippen LogP contribution in [0.15, 0.2) is 18.2 Å². The Bertz CT molecular complexity index is 461. The third kappa shape index (κ3) is 2.66. The van der Waals surface area contributed by atoms with E-state index in [9.17, 15) is 4.79 Å². The second-order valence-corrected chi connectivity index (χ2v) is 4.63. The maximum absolute atomic E-state index is 12.5. The number of aliphatic hydroxyl groups excluding tert-OH is 1. The van der Waals surface area contributed by atoms with Gasteiger partial charge in [0, 0.05) is 25.6 Å². The Morgan fingerprint density at radius 1 is 1.42 bits per heavy atom. The first-order valence-electron chi connectivity index (χ1n) is 6.32. The first kappa shape index (κ1) is 13.7. The van der Waals surface area contributed by atoms with Crippen LogP contribution in [0.1, 0.15) is 16.8 Å². The van der Waals surface area contributed by atoms with Gasteiger partial charge < -0.3 is 19.5 Å². The molecular weight excluding hydrogens is 246 g/mol. The molecule has 1 aliphatic rings. The van der Waals surface area contributed by atoms with Crippen molar-refractivity contribution in [3.63, 3.8) is 0 Å². The quantitative estimate of drug-likeness (QED) is 0.887. The molecule has 1 unspecified atom stereocenters. The lowest BCUT2D eigenvalue weighted by atomic mass is 10.1. The molecule has 0 aliphatic carbocycles. The summed E-state index contributed by atoms with van der Waals surface area (Å²) >= 11 is 0. The normalized spacial score (nSPS) is 18.5. The van der Waals surface area contributed by atoms with Gasteiger partial charge in [-0.05, 0) is 18.6 Å². The van der Waals surface area contributed by atoms with Gasteiger partial charge in [0.25, 0.3) is 5.91 Å². The molecule has 2 rings (SSSR count). The zero-order chi connectivity index (χ0) is 13.8. The number of amides is 1. The van der Waals surface area contributed by atoms with E-state index >= 15 is 0 Å². The van der Waals surface area contributed by atoms with Crippen molar-refractivity contribution in [2.24, 2.45) is 5.92 Å². The fourth-order valence-electron chi connectivity index (χ4n) is 2.39. The van der Waals surface area contributed by atoms with Crippen molar-refractivity contribution in [3.8, 4) is 11.5 Å². The molecule has 19 heavy (non-hydrogen) atoms. The van der Waals surface area contributed by atoms with Crippen LogP contribution in [0.4, 0.5) is 0 Å². The molecule has 1 N–H and O–H groups in total. The molecule has 0 spiro atoms. The molecule has 104 valence electrons. The van der Waals surface area contributed by atoms with Gasteiger partial charge in [-0.3, -0.25) is 4.79 Å². The number of nitrogens with zero attached hydrogens (tertiary/aromatic N) is 1. The van der Waals surface area contributed by atoms with Gasteiger partial charge in [-0.1, -0.05) is 6.07 Å². The van der Waals surface area contributed by atoms with E-state index in [-0.39, 0.29) is 18.4 Å². The maximum atomic E-state index is 12.5. The molecular formula is C14H19NO4. The van der Waals surface area contributed by atoms with E-state index in [1.165, 1.54) is 7.11 Å². The van der Waals surface area contributed by atoms with Gasteiger partial charge in [-0.15, -0.1) is 0 Å². The van der Waals surface area contributed by atoms with Crippen molar-refractivity contribution in [1.82, 2.24) is 4.90 Å². The van der Waals surface area contributed by atoms with E-state index in [2.05, 4.69) is 0 Å². The molecule has 5 heteroatoms. The number of hydrogen-bond acceptors (Lipinski definition) is 4. The molecule has 1 aromatic carbocycles. The van der Waals surface area contributed by atoms with E-state index in [4.69, 9.17) is 14.6 Å². The number of benzene rings is 1. The Morgan fingerprint density at radius 2 is 2.21 bits per heavy atom. The predicted molar refractivity (Wildman–Crippen MR) is 70.6 cm³/mol. The van der Waals surface area contributed by atoms with Crippen molar-refractivity contribution < 1.29 is 19.4 Å². The fourth-order valence-corrected chi connectivity index (χ4v) is 2.39. The summed E-state index contributed by atoms with van der Waals surface area (Å²) in [6, 6.07) is 5.26. The fraction of sp³-hybridized carbons (Fsp3) is 0.500. The number of para-hydroxylation sites is 1.